The van der Waals surface area contributed by atoms with E-state index in [0.717, 1.165) is 0 Å². The number of aliphatic hydroxyl groups excluding tert-OH is 1. The molecule has 0 saturated heterocycles. The first-order valence-electron chi connectivity index (χ1n) is 5.78. The Bertz CT molecular complexity index is 408. The number of hydrogen-bond donors (Lipinski definition) is 1. The van der Waals surface area contributed by atoms with Gasteiger partial charge in [0.1, 0.15) is 17.2 Å². The van der Waals surface area contributed by atoms with Gasteiger partial charge in [-0.25, -0.2) is 4.39 Å². The fourth-order valence-corrected chi connectivity index (χ4v) is 2.10. The molecule has 1 aliphatic rings. The second kappa shape index (κ2) is 4.63. The molecule has 0 aliphatic carbocycles. The zero-order chi connectivity index (χ0) is 12.5. The third kappa shape index (κ3) is 2.58. The van der Waals surface area contributed by atoms with Crippen molar-refractivity contribution in [2.75, 3.05) is 13.2 Å². The van der Waals surface area contributed by atoms with Crippen LogP contribution < -0.4 is 4.74 Å². The lowest BCUT2D eigenvalue weighted by molar-refractivity contribution is -0.0576. The van der Waals surface area contributed by atoms with Gasteiger partial charge in [-0.05, 0) is 26.0 Å². The normalized spacial score (nSPS) is 27.4. The summed E-state index contributed by atoms with van der Waals surface area (Å²) in [5.41, 5.74) is 0.0383. The quantitative estimate of drug-likeness (QED) is 0.882. The number of rotatable bonds is 3. The lowest BCUT2D eigenvalue weighted by Crippen LogP contribution is -2.42. The Balaban J connectivity index is 2.25. The third-order valence-corrected chi connectivity index (χ3v) is 2.93. The van der Waals surface area contributed by atoms with Gasteiger partial charge in [-0.3, -0.25) is 0 Å². The van der Waals surface area contributed by atoms with Crippen LogP contribution >= 0.6 is 0 Å². The van der Waals surface area contributed by atoms with Crippen molar-refractivity contribution >= 4 is 0 Å². The van der Waals surface area contributed by atoms with Crippen molar-refractivity contribution in [1.82, 2.24) is 0 Å². The summed E-state index contributed by atoms with van der Waals surface area (Å²) >= 11 is 0. The fourth-order valence-electron chi connectivity index (χ4n) is 2.10. The van der Waals surface area contributed by atoms with Gasteiger partial charge in [0.05, 0.1) is 12.7 Å². The molecule has 1 heterocycles. The van der Waals surface area contributed by atoms with Crippen molar-refractivity contribution in [1.29, 1.82) is 0 Å². The van der Waals surface area contributed by atoms with E-state index in [1.165, 1.54) is 12.1 Å². The molecule has 3 nitrogen and oxygen atoms in total. The number of fused-ring (bicyclic) bond motifs is 1. The first kappa shape index (κ1) is 12.3. The number of benzene rings is 1. The Kier molecular flexibility index (Phi) is 3.35. The molecule has 94 valence electrons. The second-order valence-electron chi connectivity index (χ2n) is 4.59. The summed E-state index contributed by atoms with van der Waals surface area (Å²) in [5, 5.41) is 10.0. The predicted molar refractivity (Wildman–Crippen MR) is 61.5 cm³/mol. The monoisotopic (exact) mass is 240 g/mol. The topological polar surface area (TPSA) is 38.7 Å². The van der Waals surface area contributed by atoms with Crippen molar-refractivity contribution in [3.05, 3.63) is 29.6 Å². The Morgan fingerprint density at radius 1 is 1.59 bits per heavy atom. The minimum atomic E-state index is -0.634. The molecule has 17 heavy (non-hydrogen) atoms. The maximum absolute atomic E-state index is 13.1. The van der Waals surface area contributed by atoms with Crippen LogP contribution in [0.4, 0.5) is 4.39 Å². The molecule has 4 heteroatoms. The highest BCUT2D eigenvalue weighted by Crippen LogP contribution is 2.39. The highest BCUT2D eigenvalue weighted by Gasteiger charge is 2.36. The Morgan fingerprint density at radius 3 is 3.06 bits per heavy atom. The molecule has 1 aromatic rings. The van der Waals surface area contributed by atoms with E-state index in [1.54, 1.807) is 6.07 Å². The van der Waals surface area contributed by atoms with Gasteiger partial charge in [0.2, 0.25) is 0 Å². The van der Waals surface area contributed by atoms with Crippen LogP contribution in [0.2, 0.25) is 0 Å². The SMILES string of the molecule is CCOCC1(C)C[C@@H](O)c2ccc(F)cc2O1. The van der Waals surface area contributed by atoms with Crippen LogP contribution in [0.5, 0.6) is 5.75 Å². The van der Waals surface area contributed by atoms with E-state index in [4.69, 9.17) is 9.47 Å². The predicted octanol–water partition coefficient (Wildman–Crippen LogP) is 2.44. The summed E-state index contributed by atoms with van der Waals surface area (Å²) in [7, 11) is 0. The molecule has 0 bridgehead atoms. The standard InChI is InChI=1S/C13H17FO3/c1-3-16-8-13(2)7-11(15)10-5-4-9(14)6-12(10)17-13/h4-6,11,15H,3,7-8H2,1-2H3/t11-,13?/m1/s1. The van der Waals surface area contributed by atoms with Gasteiger partial charge in [0.15, 0.2) is 0 Å². The van der Waals surface area contributed by atoms with Gasteiger partial charge >= 0.3 is 0 Å². The molecule has 0 fully saturated rings. The summed E-state index contributed by atoms with van der Waals surface area (Å²) < 4.78 is 24.2. The third-order valence-electron chi connectivity index (χ3n) is 2.93. The molecule has 0 amide bonds. The van der Waals surface area contributed by atoms with Gasteiger partial charge in [0, 0.05) is 24.7 Å². The minimum absolute atomic E-state index is 0.364. The summed E-state index contributed by atoms with van der Waals surface area (Å²) in [6.07, 6.45) is -0.184. The molecule has 0 radical (unpaired) electrons. The lowest BCUT2D eigenvalue weighted by atomic mass is 9.91. The van der Waals surface area contributed by atoms with Gasteiger partial charge in [-0.2, -0.15) is 0 Å². The molecule has 0 spiro atoms. The van der Waals surface area contributed by atoms with E-state index >= 15 is 0 Å². The van der Waals surface area contributed by atoms with Crippen molar-refractivity contribution in [3.8, 4) is 5.75 Å². The van der Waals surface area contributed by atoms with E-state index in [9.17, 15) is 9.50 Å². The minimum Gasteiger partial charge on any atom is -0.485 e. The van der Waals surface area contributed by atoms with Crippen LogP contribution in [0.3, 0.4) is 0 Å². The summed E-state index contributed by atoms with van der Waals surface area (Å²) in [6.45, 7) is 4.73. The maximum atomic E-state index is 13.1. The van der Waals surface area contributed by atoms with Crippen LogP contribution in [0.25, 0.3) is 0 Å². The first-order valence-corrected chi connectivity index (χ1v) is 5.78. The van der Waals surface area contributed by atoms with Crippen molar-refractivity contribution < 1.29 is 19.0 Å². The Morgan fingerprint density at radius 2 is 2.35 bits per heavy atom. The number of hydrogen-bond acceptors (Lipinski definition) is 3. The van der Waals surface area contributed by atoms with Crippen molar-refractivity contribution in [3.63, 3.8) is 0 Å². The number of aliphatic hydroxyl groups is 1. The molecule has 2 atom stereocenters. The second-order valence-corrected chi connectivity index (χ2v) is 4.59. The zero-order valence-corrected chi connectivity index (χ0v) is 10.1. The van der Waals surface area contributed by atoms with Crippen molar-refractivity contribution in [2.24, 2.45) is 0 Å². The lowest BCUT2D eigenvalue weighted by Gasteiger charge is -2.37. The summed E-state index contributed by atoms with van der Waals surface area (Å²) in [4.78, 5) is 0. The highest BCUT2D eigenvalue weighted by atomic mass is 19.1. The maximum Gasteiger partial charge on any atom is 0.132 e. The van der Waals surface area contributed by atoms with Crippen molar-refractivity contribution in [2.45, 2.75) is 32.0 Å². The summed E-state index contributed by atoms with van der Waals surface area (Å²) in [5.74, 6) is 0.0440. The molecular weight excluding hydrogens is 223 g/mol. The van der Waals surface area contributed by atoms with Gasteiger partial charge in [0.25, 0.3) is 0 Å². The highest BCUT2D eigenvalue weighted by molar-refractivity contribution is 5.38. The number of halogens is 1. The molecule has 1 aliphatic heterocycles. The van der Waals surface area contributed by atoms with E-state index in [2.05, 4.69) is 0 Å². The average Bonchev–Trinajstić information content (AvgIpc) is 2.25. The molecule has 2 rings (SSSR count). The molecule has 0 saturated carbocycles. The largest absolute Gasteiger partial charge is 0.485 e. The molecular formula is C13H17FO3. The molecule has 1 N–H and O–H groups in total. The molecule has 0 aromatic heterocycles. The number of ether oxygens (including phenoxy) is 2. The molecule has 1 unspecified atom stereocenters. The Labute approximate surface area is 100 Å². The van der Waals surface area contributed by atoms with E-state index in [0.29, 0.717) is 30.9 Å². The van der Waals surface area contributed by atoms with Crippen LogP contribution in [-0.2, 0) is 4.74 Å². The molecule has 1 aromatic carbocycles. The van der Waals surface area contributed by atoms with Gasteiger partial charge in [-0.1, -0.05) is 0 Å². The fraction of sp³-hybridized carbons (Fsp3) is 0.538. The average molecular weight is 240 g/mol. The van der Waals surface area contributed by atoms with Crippen LogP contribution in [0.1, 0.15) is 31.9 Å². The van der Waals surface area contributed by atoms with E-state index in [-0.39, 0.29) is 5.82 Å². The Hall–Kier alpha value is -1.13. The van der Waals surface area contributed by atoms with Gasteiger partial charge in [-0.15, -0.1) is 0 Å². The van der Waals surface area contributed by atoms with Gasteiger partial charge < -0.3 is 14.6 Å². The van der Waals surface area contributed by atoms with Crippen LogP contribution in [0.15, 0.2) is 18.2 Å². The van der Waals surface area contributed by atoms with E-state index in [1.807, 2.05) is 13.8 Å². The van der Waals surface area contributed by atoms with E-state index < -0.39 is 11.7 Å². The smallest absolute Gasteiger partial charge is 0.132 e. The van der Waals surface area contributed by atoms with Crippen LogP contribution in [-0.4, -0.2) is 23.9 Å². The summed E-state index contributed by atoms with van der Waals surface area (Å²) in [6, 6.07) is 4.20. The first-order chi connectivity index (χ1) is 8.04. The zero-order valence-electron chi connectivity index (χ0n) is 10.1. The van der Waals surface area contributed by atoms with Crippen LogP contribution in [0, 0.1) is 5.82 Å².